The fraction of sp³-hybridized carbons (Fsp3) is 0.154. The molecule has 0 saturated heterocycles. The van der Waals surface area contributed by atoms with Gasteiger partial charge < -0.3 is 0 Å². The molecule has 2 aromatic heterocycles. The van der Waals surface area contributed by atoms with Gasteiger partial charge in [0, 0.05) is 12.4 Å². The van der Waals surface area contributed by atoms with Crippen molar-refractivity contribution in [1.29, 1.82) is 0 Å². The third-order valence-electron chi connectivity index (χ3n) is 1.93. The summed E-state index contributed by atoms with van der Waals surface area (Å²) < 4.78 is 0.892. The summed E-state index contributed by atoms with van der Waals surface area (Å²) in [7, 11) is 0. The number of carbonyl (C=O) groups is 1. The van der Waals surface area contributed by atoms with Gasteiger partial charge in [-0.2, -0.15) is 0 Å². The molecule has 0 fully saturated rings. The molecular formula is C13H13BrN2O. The fourth-order valence-electron chi connectivity index (χ4n) is 0.999. The highest BCUT2D eigenvalue weighted by atomic mass is 79.9. The molecule has 0 unspecified atom stereocenters. The van der Waals surface area contributed by atoms with Crippen molar-refractivity contribution in [3.8, 4) is 0 Å². The van der Waals surface area contributed by atoms with Gasteiger partial charge in [0.15, 0.2) is 6.29 Å². The first kappa shape index (κ1) is 13.5. The molecule has 0 aliphatic carbocycles. The summed E-state index contributed by atoms with van der Waals surface area (Å²) in [5, 5.41) is 0. The van der Waals surface area contributed by atoms with Crippen molar-refractivity contribution in [3.63, 3.8) is 0 Å². The van der Waals surface area contributed by atoms with E-state index in [1.54, 1.807) is 12.3 Å². The molecule has 0 aliphatic rings. The molecule has 0 spiro atoms. The molecule has 0 atom stereocenters. The van der Waals surface area contributed by atoms with Crippen LogP contribution in [-0.2, 0) is 0 Å². The maximum Gasteiger partial charge on any atom is 0.168 e. The quantitative estimate of drug-likeness (QED) is 0.598. The average molecular weight is 293 g/mol. The zero-order chi connectivity index (χ0) is 12.7. The molecule has 0 N–H and O–H groups in total. The highest BCUT2D eigenvalue weighted by molar-refractivity contribution is 9.10. The second-order valence-corrected chi connectivity index (χ2v) is 4.35. The summed E-state index contributed by atoms with van der Waals surface area (Å²) in [5.41, 5.74) is 2.74. The Bertz CT molecular complexity index is 445. The highest BCUT2D eigenvalue weighted by Crippen LogP contribution is 2.04. The smallest absolute Gasteiger partial charge is 0.168 e. The van der Waals surface area contributed by atoms with Gasteiger partial charge in [-0.05, 0) is 53.0 Å². The maximum absolute atomic E-state index is 10.1. The van der Waals surface area contributed by atoms with Crippen molar-refractivity contribution in [2.24, 2.45) is 0 Å². The second kappa shape index (κ2) is 6.91. The van der Waals surface area contributed by atoms with E-state index >= 15 is 0 Å². The largest absolute Gasteiger partial charge is 0.296 e. The molecule has 3 nitrogen and oxygen atoms in total. The Labute approximate surface area is 109 Å². The average Bonchev–Trinajstić information content (AvgIpc) is 2.35. The molecule has 4 heteroatoms. The number of rotatable bonds is 1. The van der Waals surface area contributed by atoms with E-state index < -0.39 is 0 Å². The van der Waals surface area contributed by atoms with Crippen LogP contribution in [0, 0.1) is 13.8 Å². The number of hydrogen-bond acceptors (Lipinski definition) is 3. The van der Waals surface area contributed by atoms with E-state index in [9.17, 15) is 4.79 Å². The van der Waals surface area contributed by atoms with Gasteiger partial charge >= 0.3 is 0 Å². The molecule has 2 heterocycles. The highest BCUT2D eigenvalue weighted by Gasteiger charge is 1.86. The molecular weight excluding hydrogens is 280 g/mol. The summed E-state index contributed by atoms with van der Waals surface area (Å²) >= 11 is 3.23. The SMILES string of the molecule is Cc1ccc(Br)nc1.Cc1ccc(C=O)nc1. The summed E-state index contributed by atoms with van der Waals surface area (Å²) in [6, 6.07) is 7.49. The monoisotopic (exact) mass is 292 g/mol. The predicted octanol–water partition coefficient (Wildman–Crippen LogP) is 3.36. The minimum atomic E-state index is 0.487. The van der Waals surface area contributed by atoms with Crippen molar-refractivity contribution in [2.45, 2.75) is 13.8 Å². The Morgan fingerprint density at radius 2 is 1.59 bits per heavy atom. The van der Waals surface area contributed by atoms with Gasteiger partial charge in [-0.3, -0.25) is 9.78 Å². The van der Waals surface area contributed by atoms with E-state index in [1.165, 1.54) is 5.56 Å². The normalized spacial score (nSPS) is 9.12. The molecule has 2 rings (SSSR count). The number of halogens is 1. The molecule has 0 bridgehead atoms. The van der Waals surface area contributed by atoms with Crippen LogP contribution in [0.5, 0.6) is 0 Å². The molecule has 0 radical (unpaired) electrons. The van der Waals surface area contributed by atoms with Gasteiger partial charge in [0.2, 0.25) is 0 Å². The van der Waals surface area contributed by atoms with E-state index in [1.807, 2.05) is 38.2 Å². The number of nitrogens with zero attached hydrogens (tertiary/aromatic N) is 2. The van der Waals surface area contributed by atoms with Gasteiger partial charge in [0.05, 0.1) is 0 Å². The van der Waals surface area contributed by atoms with Gasteiger partial charge in [-0.15, -0.1) is 0 Å². The lowest BCUT2D eigenvalue weighted by Gasteiger charge is -1.88. The number of aldehydes is 1. The minimum Gasteiger partial charge on any atom is -0.296 e. The third kappa shape index (κ3) is 5.36. The number of aryl methyl sites for hydroxylation is 2. The lowest BCUT2D eigenvalue weighted by molar-refractivity contribution is 0.111. The third-order valence-corrected chi connectivity index (χ3v) is 2.40. The zero-order valence-electron chi connectivity index (χ0n) is 9.72. The number of carbonyl (C=O) groups excluding carboxylic acids is 1. The number of aromatic nitrogens is 2. The van der Waals surface area contributed by atoms with Crippen LogP contribution in [0.2, 0.25) is 0 Å². The lowest BCUT2D eigenvalue weighted by Crippen LogP contribution is -1.84. The van der Waals surface area contributed by atoms with Crippen LogP contribution in [0.1, 0.15) is 21.6 Å². The van der Waals surface area contributed by atoms with Crippen LogP contribution < -0.4 is 0 Å². The van der Waals surface area contributed by atoms with Crippen LogP contribution in [0.25, 0.3) is 0 Å². The standard InChI is InChI=1S/C7H7NO.C6H6BrN/c1-6-2-3-7(5-9)8-4-6;1-5-2-3-6(7)8-4-5/h2-5H,1H3;2-4H,1H3. The molecule has 0 amide bonds. The second-order valence-electron chi connectivity index (χ2n) is 3.54. The van der Waals surface area contributed by atoms with Gasteiger partial charge in [0.1, 0.15) is 10.3 Å². The van der Waals surface area contributed by atoms with Crippen molar-refractivity contribution in [3.05, 3.63) is 58.1 Å². The number of pyridine rings is 2. The Morgan fingerprint density at radius 3 is 1.94 bits per heavy atom. The van der Waals surface area contributed by atoms with E-state index in [2.05, 4.69) is 25.9 Å². The van der Waals surface area contributed by atoms with Crippen molar-refractivity contribution in [2.75, 3.05) is 0 Å². The topological polar surface area (TPSA) is 42.9 Å². The lowest BCUT2D eigenvalue weighted by atomic mass is 10.3. The van der Waals surface area contributed by atoms with Crippen molar-refractivity contribution < 1.29 is 4.79 Å². The van der Waals surface area contributed by atoms with E-state index in [0.29, 0.717) is 5.69 Å². The molecule has 88 valence electrons. The number of hydrogen-bond donors (Lipinski definition) is 0. The van der Waals surface area contributed by atoms with Gasteiger partial charge in [-0.1, -0.05) is 12.1 Å². The molecule has 0 saturated carbocycles. The summed E-state index contributed by atoms with van der Waals surface area (Å²) in [4.78, 5) is 17.9. The predicted molar refractivity (Wildman–Crippen MR) is 71.0 cm³/mol. The molecule has 17 heavy (non-hydrogen) atoms. The van der Waals surface area contributed by atoms with Crippen molar-refractivity contribution in [1.82, 2.24) is 9.97 Å². The van der Waals surface area contributed by atoms with Crippen LogP contribution in [0.15, 0.2) is 41.3 Å². The van der Waals surface area contributed by atoms with Gasteiger partial charge in [-0.25, -0.2) is 4.98 Å². The van der Waals surface area contributed by atoms with Crippen LogP contribution in [0.4, 0.5) is 0 Å². The summed E-state index contributed by atoms with van der Waals surface area (Å²) in [6.07, 6.45) is 4.23. The van der Waals surface area contributed by atoms with E-state index in [-0.39, 0.29) is 0 Å². The van der Waals surface area contributed by atoms with Crippen molar-refractivity contribution >= 4 is 22.2 Å². The first-order chi connectivity index (χ1) is 8.11. The first-order valence-corrected chi connectivity index (χ1v) is 5.87. The molecule has 2 aromatic rings. The van der Waals surface area contributed by atoms with Crippen LogP contribution in [-0.4, -0.2) is 16.3 Å². The first-order valence-electron chi connectivity index (χ1n) is 5.08. The van der Waals surface area contributed by atoms with E-state index in [4.69, 9.17) is 0 Å². The van der Waals surface area contributed by atoms with Crippen LogP contribution in [0.3, 0.4) is 0 Å². The van der Waals surface area contributed by atoms with E-state index in [0.717, 1.165) is 16.5 Å². The Kier molecular flexibility index (Phi) is 5.49. The Balaban J connectivity index is 0.000000171. The van der Waals surface area contributed by atoms with Crippen LogP contribution >= 0.6 is 15.9 Å². The summed E-state index contributed by atoms with van der Waals surface area (Å²) in [6.45, 7) is 3.95. The maximum atomic E-state index is 10.1. The zero-order valence-corrected chi connectivity index (χ0v) is 11.3. The van der Waals surface area contributed by atoms with Gasteiger partial charge in [0.25, 0.3) is 0 Å². The molecule has 0 aliphatic heterocycles. The minimum absolute atomic E-state index is 0.487. The molecule has 0 aromatic carbocycles. The summed E-state index contributed by atoms with van der Waals surface area (Å²) in [5.74, 6) is 0. The Morgan fingerprint density at radius 1 is 1.00 bits per heavy atom. The fourth-order valence-corrected chi connectivity index (χ4v) is 1.23. The Hall–Kier alpha value is -1.55.